The van der Waals surface area contributed by atoms with Crippen LogP contribution in [0, 0.1) is 20.8 Å². The van der Waals surface area contributed by atoms with Crippen molar-refractivity contribution >= 4 is 21.5 Å². The third kappa shape index (κ3) is 2.31. The number of aryl methyl sites for hydroxylation is 1. The first-order valence-corrected chi connectivity index (χ1v) is 8.13. The molecule has 0 atom stereocenters. The van der Waals surface area contributed by atoms with Crippen molar-refractivity contribution in [3.8, 4) is 11.1 Å². The molecule has 0 amide bonds. The summed E-state index contributed by atoms with van der Waals surface area (Å²) in [6.07, 6.45) is 0. The summed E-state index contributed by atoms with van der Waals surface area (Å²) in [5.74, 6) is 0. The van der Waals surface area contributed by atoms with Crippen LogP contribution < -0.4 is 0 Å². The average molecular weight is 296 g/mol. The molecular weight excluding hydrogens is 276 g/mol. The van der Waals surface area contributed by atoms with Gasteiger partial charge in [0.15, 0.2) is 0 Å². The quantitative estimate of drug-likeness (QED) is 0.348. The fourth-order valence-corrected chi connectivity index (χ4v) is 3.38. The molecule has 112 valence electrons. The third-order valence-electron chi connectivity index (χ3n) is 5.07. The lowest BCUT2D eigenvalue weighted by Crippen LogP contribution is -1.90. The molecule has 0 aromatic heterocycles. The van der Waals surface area contributed by atoms with Gasteiger partial charge in [-0.05, 0) is 88.3 Å². The Bertz CT molecular complexity index is 1040. The van der Waals surface area contributed by atoms with Gasteiger partial charge in [-0.2, -0.15) is 0 Å². The highest BCUT2D eigenvalue weighted by molar-refractivity contribution is 5.99. The van der Waals surface area contributed by atoms with Crippen molar-refractivity contribution in [3.63, 3.8) is 0 Å². The monoisotopic (exact) mass is 296 g/mol. The van der Waals surface area contributed by atoms with Crippen molar-refractivity contribution < 1.29 is 0 Å². The molecule has 0 aliphatic carbocycles. The first kappa shape index (κ1) is 14.0. The van der Waals surface area contributed by atoms with Gasteiger partial charge in [0.25, 0.3) is 0 Å². The van der Waals surface area contributed by atoms with Gasteiger partial charge in [0.1, 0.15) is 0 Å². The fourth-order valence-electron chi connectivity index (χ4n) is 3.38. The van der Waals surface area contributed by atoms with Crippen LogP contribution in [-0.2, 0) is 0 Å². The van der Waals surface area contributed by atoms with Gasteiger partial charge < -0.3 is 0 Å². The second kappa shape index (κ2) is 5.24. The fraction of sp³-hybridized carbons (Fsp3) is 0.130. The number of hydrogen-bond acceptors (Lipinski definition) is 0. The van der Waals surface area contributed by atoms with E-state index in [4.69, 9.17) is 0 Å². The summed E-state index contributed by atoms with van der Waals surface area (Å²) in [5, 5.41) is 5.21. The van der Waals surface area contributed by atoms with E-state index in [2.05, 4.69) is 87.5 Å². The number of fused-ring (bicyclic) bond motifs is 2. The lowest BCUT2D eigenvalue weighted by atomic mass is 9.92. The van der Waals surface area contributed by atoms with Crippen LogP contribution in [0.15, 0.2) is 66.7 Å². The minimum absolute atomic E-state index is 1.30. The molecule has 0 saturated carbocycles. The van der Waals surface area contributed by atoms with Crippen molar-refractivity contribution in [1.29, 1.82) is 0 Å². The molecule has 4 rings (SSSR count). The Hall–Kier alpha value is -2.60. The number of rotatable bonds is 1. The number of benzene rings is 4. The van der Waals surface area contributed by atoms with Crippen molar-refractivity contribution in [2.45, 2.75) is 20.8 Å². The summed E-state index contributed by atoms with van der Waals surface area (Å²) in [6, 6.07) is 24.4. The Morgan fingerprint density at radius 1 is 0.522 bits per heavy atom. The van der Waals surface area contributed by atoms with E-state index in [0.717, 1.165) is 0 Å². The van der Waals surface area contributed by atoms with Crippen molar-refractivity contribution in [1.82, 2.24) is 0 Å². The maximum absolute atomic E-state index is 2.32. The van der Waals surface area contributed by atoms with Gasteiger partial charge in [0, 0.05) is 0 Å². The first-order valence-electron chi connectivity index (χ1n) is 8.13. The highest BCUT2D eigenvalue weighted by atomic mass is 14.1. The van der Waals surface area contributed by atoms with E-state index >= 15 is 0 Å². The second-order valence-corrected chi connectivity index (χ2v) is 6.44. The van der Waals surface area contributed by atoms with Crippen LogP contribution in [0.1, 0.15) is 16.7 Å². The maximum atomic E-state index is 2.32. The molecule has 0 fully saturated rings. The Kier molecular flexibility index (Phi) is 3.20. The highest BCUT2D eigenvalue weighted by Crippen LogP contribution is 2.31. The van der Waals surface area contributed by atoms with Crippen molar-refractivity contribution in [2.75, 3.05) is 0 Å². The zero-order chi connectivity index (χ0) is 16.0. The standard InChI is InChI=1S/C23H20/c1-15-8-11-23(17(3)16(15)2)21-10-9-20-12-18-6-4-5-7-19(18)13-22(20)14-21/h4-14H,1-3H3. The minimum Gasteiger partial charge on any atom is -0.0616 e. The lowest BCUT2D eigenvalue weighted by Gasteiger charge is -2.12. The van der Waals surface area contributed by atoms with Crippen LogP contribution in [0.2, 0.25) is 0 Å². The smallest absolute Gasteiger partial charge is 0.0152 e. The van der Waals surface area contributed by atoms with Crippen LogP contribution >= 0.6 is 0 Å². The van der Waals surface area contributed by atoms with E-state index < -0.39 is 0 Å². The van der Waals surface area contributed by atoms with Gasteiger partial charge in [0.2, 0.25) is 0 Å². The lowest BCUT2D eigenvalue weighted by molar-refractivity contribution is 1.27. The molecule has 0 nitrogen and oxygen atoms in total. The normalized spacial score (nSPS) is 11.3. The van der Waals surface area contributed by atoms with Gasteiger partial charge in [0.05, 0.1) is 0 Å². The predicted molar refractivity (Wildman–Crippen MR) is 101 cm³/mol. The molecule has 0 heterocycles. The van der Waals surface area contributed by atoms with Gasteiger partial charge >= 0.3 is 0 Å². The summed E-state index contributed by atoms with van der Waals surface area (Å²) in [7, 11) is 0. The Morgan fingerprint density at radius 2 is 1.17 bits per heavy atom. The molecule has 0 radical (unpaired) electrons. The minimum atomic E-state index is 1.30. The van der Waals surface area contributed by atoms with E-state index in [0.29, 0.717) is 0 Å². The Labute approximate surface area is 137 Å². The molecule has 0 unspecified atom stereocenters. The van der Waals surface area contributed by atoms with Crippen LogP contribution in [-0.4, -0.2) is 0 Å². The molecule has 0 spiro atoms. The van der Waals surface area contributed by atoms with Crippen LogP contribution in [0.25, 0.3) is 32.7 Å². The zero-order valence-electron chi connectivity index (χ0n) is 13.9. The van der Waals surface area contributed by atoms with Crippen LogP contribution in [0.5, 0.6) is 0 Å². The van der Waals surface area contributed by atoms with Crippen LogP contribution in [0.4, 0.5) is 0 Å². The zero-order valence-corrected chi connectivity index (χ0v) is 13.9. The summed E-state index contributed by atoms with van der Waals surface area (Å²) < 4.78 is 0. The van der Waals surface area contributed by atoms with Crippen molar-refractivity contribution in [2.24, 2.45) is 0 Å². The van der Waals surface area contributed by atoms with Crippen molar-refractivity contribution in [3.05, 3.63) is 83.4 Å². The first-order chi connectivity index (χ1) is 11.1. The molecule has 4 aromatic carbocycles. The SMILES string of the molecule is Cc1ccc(-c2ccc3cc4ccccc4cc3c2)c(C)c1C. The van der Waals surface area contributed by atoms with Gasteiger partial charge in [-0.3, -0.25) is 0 Å². The van der Waals surface area contributed by atoms with Gasteiger partial charge in [-0.1, -0.05) is 48.5 Å². The topological polar surface area (TPSA) is 0 Å². The molecule has 0 aliphatic heterocycles. The molecule has 0 N–H and O–H groups in total. The molecule has 4 aromatic rings. The van der Waals surface area contributed by atoms with E-state index in [1.54, 1.807) is 0 Å². The molecular formula is C23H20. The van der Waals surface area contributed by atoms with E-state index in [1.165, 1.54) is 49.4 Å². The van der Waals surface area contributed by atoms with E-state index in [9.17, 15) is 0 Å². The largest absolute Gasteiger partial charge is 0.0616 e. The average Bonchev–Trinajstić information content (AvgIpc) is 2.57. The molecule has 0 bridgehead atoms. The summed E-state index contributed by atoms with van der Waals surface area (Å²) >= 11 is 0. The highest BCUT2D eigenvalue weighted by Gasteiger charge is 2.07. The number of hydrogen-bond donors (Lipinski definition) is 0. The van der Waals surface area contributed by atoms with Gasteiger partial charge in [-0.25, -0.2) is 0 Å². The maximum Gasteiger partial charge on any atom is -0.0152 e. The predicted octanol–water partition coefficient (Wildman–Crippen LogP) is 6.59. The van der Waals surface area contributed by atoms with Crippen LogP contribution in [0.3, 0.4) is 0 Å². The Morgan fingerprint density at radius 3 is 1.91 bits per heavy atom. The molecule has 0 saturated heterocycles. The summed E-state index contributed by atoms with van der Waals surface area (Å²) in [6.45, 7) is 6.61. The van der Waals surface area contributed by atoms with Gasteiger partial charge in [-0.15, -0.1) is 0 Å². The summed E-state index contributed by atoms with van der Waals surface area (Å²) in [4.78, 5) is 0. The van der Waals surface area contributed by atoms with E-state index in [-0.39, 0.29) is 0 Å². The van der Waals surface area contributed by atoms with E-state index in [1.807, 2.05) is 0 Å². The second-order valence-electron chi connectivity index (χ2n) is 6.44. The Balaban J connectivity index is 1.95. The molecule has 0 aliphatic rings. The molecule has 23 heavy (non-hydrogen) atoms. The third-order valence-corrected chi connectivity index (χ3v) is 5.07. The molecule has 0 heteroatoms. The summed E-state index contributed by atoms with van der Waals surface area (Å²) in [5.41, 5.74) is 6.76.